The molecule has 9 amide bonds. The summed E-state index contributed by atoms with van der Waals surface area (Å²) in [5, 5.41) is 54.7. The highest BCUT2D eigenvalue weighted by Crippen LogP contribution is 2.17. The van der Waals surface area contributed by atoms with Crippen LogP contribution in [0.3, 0.4) is 0 Å². The van der Waals surface area contributed by atoms with Gasteiger partial charge in [-0.1, -0.05) is 154 Å². The third-order valence-electron chi connectivity index (χ3n) is 16.8. The first-order valence-electron chi connectivity index (χ1n) is 39.6. The molecule has 0 aliphatic carbocycles. The van der Waals surface area contributed by atoms with Crippen molar-refractivity contribution in [3.63, 3.8) is 0 Å². The fraction of sp³-hybridized carbons (Fsp3) is 0.813. The van der Waals surface area contributed by atoms with Crippen LogP contribution >= 0.6 is 0 Å². The van der Waals surface area contributed by atoms with Gasteiger partial charge in [-0.15, -0.1) is 5.06 Å². The van der Waals surface area contributed by atoms with E-state index in [4.69, 9.17) is 48.1 Å². The number of aliphatic carboxylic acids is 4. The molecule has 1 heterocycles. The van der Waals surface area contributed by atoms with E-state index in [-0.39, 0.29) is 211 Å². The van der Waals surface area contributed by atoms with Crippen molar-refractivity contribution >= 4 is 83.0 Å². The molecule has 2 atom stereocenters. The molecular weight excluding hydrogens is 1440 g/mol. The number of nitrogens with one attached hydrogen (secondary N) is 7. The van der Waals surface area contributed by atoms with Crippen molar-refractivity contribution < 1.29 is 130 Å². The van der Waals surface area contributed by atoms with Gasteiger partial charge in [0.05, 0.1) is 79.3 Å². The average Bonchev–Trinajstić information content (AvgIpc) is 1.73. The van der Waals surface area contributed by atoms with Gasteiger partial charge in [-0.25, -0.2) is 14.4 Å². The predicted octanol–water partition coefficient (Wildman–Crippen LogP) is 5.28. The Kier molecular flexibility index (Phi) is 69.1. The number of carbonyl (C=O) groups excluding carboxylic acids is 10. The van der Waals surface area contributed by atoms with Crippen molar-refractivity contribution in [3.05, 3.63) is 0 Å². The second kappa shape index (κ2) is 74.2. The summed E-state index contributed by atoms with van der Waals surface area (Å²) in [4.78, 5) is 167. The number of hydroxylamine groups is 2. The number of carbonyl (C=O) groups is 14. The fourth-order valence-corrected chi connectivity index (χ4v) is 10.7. The topological polar surface area (TPSA) is 490 Å². The minimum Gasteiger partial charge on any atom is -0.481 e. The monoisotopic (exact) mass is 1580 g/mol. The number of imide groups is 1. The maximum Gasteiger partial charge on any atom is 0.358 e. The summed E-state index contributed by atoms with van der Waals surface area (Å²) in [6.45, 7) is 2.45. The van der Waals surface area contributed by atoms with Crippen molar-refractivity contribution in [1.29, 1.82) is 0 Å². The molecular formula is C75H132N8O27. The number of rotatable bonds is 77. The van der Waals surface area contributed by atoms with E-state index in [9.17, 15) is 77.3 Å². The number of carboxylic acids is 4. The number of likely N-dealkylation sites (N-methyl/N-ethyl adjacent to an activating group) is 1. The maximum absolute atomic E-state index is 12.3. The van der Waals surface area contributed by atoms with Gasteiger partial charge in [0.15, 0.2) is 0 Å². The largest absolute Gasteiger partial charge is 0.481 e. The first kappa shape index (κ1) is 102. The third kappa shape index (κ3) is 69.6. The van der Waals surface area contributed by atoms with E-state index < -0.39 is 60.4 Å². The van der Waals surface area contributed by atoms with E-state index in [1.165, 1.54) is 90.5 Å². The van der Waals surface area contributed by atoms with E-state index in [0.29, 0.717) is 37.7 Å². The van der Waals surface area contributed by atoms with Crippen LogP contribution in [0.15, 0.2) is 0 Å². The van der Waals surface area contributed by atoms with Crippen LogP contribution in [-0.4, -0.2) is 260 Å². The SMILES string of the molecule is CNC(=O)COCCOCCNC(=O)COCCOCCNC(=O)CC[C@H](NC(=O)CCCCCCCCCCCCCCCCC(=O)O)C(=O)O.O=C(O)CCCCCCCCCCCCCCCCC(=O)N[C@@H](CCC(=O)NCCOCCOCC(=O)NCCOCCOCC(=O)ON1C(=O)CCC1=O)C(=O)O. The van der Waals surface area contributed by atoms with E-state index in [1.54, 1.807) is 0 Å². The smallest absolute Gasteiger partial charge is 0.358 e. The number of amides is 9. The number of hydrogen-bond donors (Lipinski definition) is 11. The Morgan fingerprint density at radius 1 is 0.309 bits per heavy atom. The van der Waals surface area contributed by atoms with Gasteiger partial charge in [-0.3, -0.25) is 52.7 Å². The summed E-state index contributed by atoms with van der Waals surface area (Å²) >= 11 is 0. The van der Waals surface area contributed by atoms with Crippen molar-refractivity contribution in [3.8, 4) is 0 Å². The number of carboxylic acid groups (broad SMARTS) is 4. The molecule has 110 heavy (non-hydrogen) atoms. The minimum atomic E-state index is -1.19. The standard InChI is InChI=1S/C39H66N4O15.C36H66N4O12/c44-32(18-17-31(39(52)53)42-33(45)15-13-11-9-7-5-3-1-2-4-6-8-10-12-14-16-37(49)50)40-21-23-54-25-27-56-29-34(46)41-22-24-55-26-28-57-30-38(51)58-43-35(47)19-20-36(43)48;1-37-33(43)28-51-26-24-50-23-21-39-34(44)29-52-27-25-49-22-20-38-31(41)19-18-30(36(47)48)40-32(42)16-14-12-10-8-6-4-2-3-5-7-9-11-13-15-17-35(45)46/h31H,1-30H2,(H,40,44)(H,41,46)(H,42,45)(H,49,50)(H,52,53);30H,2-29H2,1H3,(H,37,43)(H,38,41)(H,39,44)(H,40,42)(H,45,46)(H,47,48)/t31-;30-/m00/s1. The molecule has 0 bridgehead atoms. The molecule has 634 valence electrons. The maximum atomic E-state index is 12.3. The molecule has 0 radical (unpaired) electrons. The Morgan fingerprint density at radius 3 is 0.845 bits per heavy atom. The summed E-state index contributed by atoms with van der Waals surface area (Å²) < 4.78 is 41.9. The van der Waals surface area contributed by atoms with E-state index in [2.05, 4.69) is 42.1 Å². The van der Waals surface area contributed by atoms with Gasteiger partial charge >= 0.3 is 29.8 Å². The van der Waals surface area contributed by atoms with Crippen LogP contribution in [0.1, 0.15) is 244 Å². The first-order chi connectivity index (χ1) is 53.1. The Bertz CT molecular complexity index is 2520. The fourth-order valence-electron chi connectivity index (χ4n) is 10.7. The number of nitrogens with zero attached hydrogens (tertiary/aromatic N) is 1. The highest BCUT2D eigenvalue weighted by atomic mass is 16.7. The Morgan fingerprint density at radius 2 is 0.564 bits per heavy atom. The lowest BCUT2D eigenvalue weighted by atomic mass is 10.0. The van der Waals surface area contributed by atoms with Crippen LogP contribution in [0.2, 0.25) is 0 Å². The molecule has 0 unspecified atom stereocenters. The second-order valence-electron chi connectivity index (χ2n) is 26.5. The van der Waals surface area contributed by atoms with Crippen molar-refractivity contribution in [2.75, 3.05) is 139 Å². The molecule has 0 aromatic carbocycles. The van der Waals surface area contributed by atoms with Crippen LogP contribution in [0, 0.1) is 0 Å². The summed E-state index contributed by atoms with van der Waals surface area (Å²) in [6.07, 6.45) is 31.0. The van der Waals surface area contributed by atoms with Gasteiger partial charge in [-0.2, -0.15) is 0 Å². The second-order valence-corrected chi connectivity index (χ2v) is 26.5. The Hall–Kier alpha value is -7.54. The van der Waals surface area contributed by atoms with Crippen LogP contribution in [-0.2, 0) is 110 Å². The first-order valence-corrected chi connectivity index (χ1v) is 39.6. The van der Waals surface area contributed by atoms with Crippen LogP contribution in [0.25, 0.3) is 0 Å². The summed E-state index contributed by atoms with van der Waals surface area (Å²) in [7, 11) is 1.52. The highest BCUT2D eigenvalue weighted by Gasteiger charge is 2.33. The van der Waals surface area contributed by atoms with Crippen molar-refractivity contribution in [1.82, 2.24) is 42.3 Å². The number of ether oxygens (including phenoxy) is 8. The lowest BCUT2D eigenvalue weighted by Crippen LogP contribution is -2.41. The van der Waals surface area contributed by atoms with Crippen molar-refractivity contribution in [2.24, 2.45) is 0 Å². The molecule has 35 nitrogen and oxygen atoms in total. The minimum absolute atomic E-state index is 0.00197. The highest BCUT2D eigenvalue weighted by molar-refractivity contribution is 6.01. The lowest BCUT2D eigenvalue weighted by Gasteiger charge is -2.14. The predicted molar refractivity (Wildman–Crippen MR) is 400 cm³/mol. The molecule has 1 aliphatic heterocycles. The Labute approximate surface area is 648 Å². The molecule has 1 aliphatic rings. The van der Waals surface area contributed by atoms with E-state index in [1.807, 2.05) is 0 Å². The van der Waals surface area contributed by atoms with Crippen molar-refractivity contribution in [2.45, 2.75) is 256 Å². The zero-order valence-corrected chi connectivity index (χ0v) is 65.3. The van der Waals surface area contributed by atoms with Gasteiger partial charge in [0.25, 0.3) is 11.8 Å². The van der Waals surface area contributed by atoms with Gasteiger partial charge in [0, 0.05) is 84.6 Å². The molecule has 35 heteroatoms. The summed E-state index contributed by atoms with van der Waals surface area (Å²) in [5.41, 5.74) is 0. The summed E-state index contributed by atoms with van der Waals surface area (Å²) in [5.74, 6) is -8.09. The zero-order chi connectivity index (χ0) is 81.1. The van der Waals surface area contributed by atoms with E-state index in [0.717, 1.165) is 83.5 Å². The number of unbranched alkanes of at least 4 members (excludes halogenated alkanes) is 26. The quantitative estimate of drug-likeness (QED) is 0.0273. The third-order valence-corrected chi connectivity index (χ3v) is 16.8. The normalized spacial score (nSPS) is 12.3. The van der Waals surface area contributed by atoms with Crippen LogP contribution < -0.4 is 37.2 Å². The van der Waals surface area contributed by atoms with Gasteiger partial charge in [-0.05, 0) is 38.5 Å². The van der Waals surface area contributed by atoms with Gasteiger partial charge in [0.1, 0.15) is 38.5 Å². The van der Waals surface area contributed by atoms with Crippen LogP contribution in [0.5, 0.6) is 0 Å². The molecule has 0 aromatic heterocycles. The molecule has 1 saturated heterocycles. The average molecular weight is 1580 g/mol. The zero-order valence-electron chi connectivity index (χ0n) is 65.3. The van der Waals surface area contributed by atoms with E-state index >= 15 is 0 Å². The molecule has 1 fully saturated rings. The summed E-state index contributed by atoms with van der Waals surface area (Å²) in [6, 6.07) is -2.28. The molecule has 11 N–H and O–H groups in total. The van der Waals surface area contributed by atoms with Gasteiger partial charge in [0.2, 0.25) is 41.4 Å². The van der Waals surface area contributed by atoms with Crippen LogP contribution in [0.4, 0.5) is 0 Å². The Balaban J connectivity index is 0.00000217. The molecule has 0 saturated carbocycles. The number of hydrogen-bond acceptors (Lipinski definition) is 23. The lowest BCUT2D eigenvalue weighted by molar-refractivity contribution is -0.200. The molecule has 0 aromatic rings. The van der Waals surface area contributed by atoms with Gasteiger partial charge < -0.3 is 100 Å². The molecule has 1 rings (SSSR count). The molecule has 0 spiro atoms.